The average Bonchev–Trinajstić information content (AvgIpc) is 2.37. The van der Waals surface area contributed by atoms with Crippen molar-refractivity contribution in [2.45, 2.75) is 19.3 Å². The third-order valence-corrected chi connectivity index (χ3v) is 2.89. The number of ether oxygens (including phenoxy) is 3. The Hall–Kier alpha value is -1.71. The van der Waals surface area contributed by atoms with Gasteiger partial charge in [0, 0.05) is 26.3 Å². The molecule has 9 heteroatoms. The monoisotopic (exact) mass is 319 g/mol. The topological polar surface area (TPSA) is 101 Å². The highest BCUT2D eigenvalue weighted by Gasteiger charge is 2.30. The van der Waals surface area contributed by atoms with Crippen molar-refractivity contribution in [2.24, 2.45) is 0 Å². The van der Waals surface area contributed by atoms with E-state index in [1.54, 1.807) is 6.07 Å². The van der Waals surface area contributed by atoms with Gasteiger partial charge in [-0.2, -0.15) is 8.42 Å². The van der Waals surface area contributed by atoms with E-state index in [-0.39, 0.29) is 0 Å². The Kier molecular flexibility index (Phi) is 6.06. The van der Waals surface area contributed by atoms with Crippen LogP contribution in [0.3, 0.4) is 0 Å². The molecular formula is C12H17NO7S. The number of methoxy groups -OCH3 is 2. The molecular weight excluding hydrogens is 302 g/mol. The normalized spacial score (nSPS) is 14.3. The summed E-state index contributed by atoms with van der Waals surface area (Å²) < 4.78 is 42.4. The summed E-state index contributed by atoms with van der Waals surface area (Å²) >= 11 is 0. The first kappa shape index (κ1) is 17.3. The van der Waals surface area contributed by atoms with Gasteiger partial charge < -0.3 is 14.2 Å². The predicted molar refractivity (Wildman–Crippen MR) is 72.0 cm³/mol. The molecule has 0 spiro atoms. The van der Waals surface area contributed by atoms with Crippen LogP contribution in [0.2, 0.25) is 0 Å². The fourth-order valence-corrected chi connectivity index (χ4v) is 2.07. The molecule has 1 aromatic heterocycles. The first-order chi connectivity index (χ1) is 9.76. The van der Waals surface area contributed by atoms with Crippen molar-refractivity contribution in [3.05, 3.63) is 23.9 Å². The highest BCUT2D eigenvalue weighted by molar-refractivity contribution is 7.86. The summed E-state index contributed by atoms with van der Waals surface area (Å²) in [5, 5.41) is 0. The van der Waals surface area contributed by atoms with Crippen LogP contribution < -0.4 is 4.74 Å². The van der Waals surface area contributed by atoms with Crippen LogP contribution in [0.5, 0.6) is 5.88 Å². The number of nitrogens with zero attached hydrogens (tertiary/aromatic N) is 1. The molecule has 0 fully saturated rings. The van der Waals surface area contributed by atoms with Crippen LogP contribution >= 0.6 is 0 Å². The van der Waals surface area contributed by atoms with Gasteiger partial charge >= 0.3 is 5.97 Å². The van der Waals surface area contributed by atoms with Crippen molar-refractivity contribution >= 4 is 16.1 Å². The molecule has 2 atom stereocenters. The number of esters is 1. The molecule has 0 amide bonds. The summed E-state index contributed by atoms with van der Waals surface area (Å²) in [6.07, 6.45) is -0.107. The summed E-state index contributed by atoms with van der Waals surface area (Å²) in [7, 11) is -1.08. The van der Waals surface area contributed by atoms with E-state index < -0.39 is 28.5 Å². The Labute approximate surface area is 123 Å². The smallest absolute Gasteiger partial charge is 0.305 e. The number of rotatable bonds is 7. The minimum absolute atomic E-state index is 0.301. The molecule has 0 aliphatic heterocycles. The van der Waals surface area contributed by atoms with Crippen molar-refractivity contribution < 1.29 is 31.6 Å². The Morgan fingerprint density at radius 3 is 2.48 bits per heavy atom. The highest BCUT2D eigenvalue weighted by Crippen LogP contribution is 2.26. The Bertz CT molecular complexity index is 587. The van der Waals surface area contributed by atoms with Gasteiger partial charge in [-0.05, 0) is 11.6 Å². The second-order valence-corrected chi connectivity index (χ2v) is 5.67. The first-order valence-electron chi connectivity index (χ1n) is 5.85. The van der Waals surface area contributed by atoms with E-state index >= 15 is 0 Å². The number of carbonyl (C=O) groups is 1. The molecule has 1 rings (SSSR count). The van der Waals surface area contributed by atoms with Crippen molar-refractivity contribution in [3.8, 4) is 5.88 Å². The maximum absolute atomic E-state index is 11.3. The van der Waals surface area contributed by atoms with E-state index in [1.807, 2.05) is 0 Å². The number of pyridine rings is 1. The van der Waals surface area contributed by atoms with Gasteiger partial charge in [0.2, 0.25) is 12.2 Å². The van der Waals surface area contributed by atoms with Crippen LogP contribution in [-0.4, -0.2) is 46.1 Å². The number of aromatic nitrogens is 1. The lowest BCUT2D eigenvalue weighted by atomic mass is 10.1. The Morgan fingerprint density at radius 1 is 1.33 bits per heavy atom. The summed E-state index contributed by atoms with van der Waals surface area (Å²) in [6, 6.07) is 3.09. The van der Waals surface area contributed by atoms with Gasteiger partial charge in [0.1, 0.15) is 6.10 Å². The fraction of sp³-hybridized carbons (Fsp3) is 0.500. The van der Waals surface area contributed by atoms with Gasteiger partial charge in [-0.25, -0.2) is 9.17 Å². The molecule has 0 aliphatic carbocycles. The van der Waals surface area contributed by atoms with Crippen molar-refractivity contribution in [1.29, 1.82) is 0 Å². The number of carbonyl (C=O) groups excluding carboxylic acids is 1. The molecule has 8 nitrogen and oxygen atoms in total. The Balaban J connectivity index is 3.12. The van der Waals surface area contributed by atoms with Crippen molar-refractivity contribution in [3.63, 3.8) is 0 Å². The summed E-state index contributed by atoms with van der Waals surface area (Å²) in [5.74, 6) is -0.401. The molecule has 2 unspecified atom stereocenters. The lowest BCUT2D eigenvalue weighted by Gasteiger charge is -2.24. The SMILES string of the molecule is COc1cc(C(OC)C(OC(C)=O)OS(C)(=O)=O)ccn1. The molecule has 118 valence electrons. The van der Waals surface area contributed by atoms with Gasteiger partial charge in [-0.3, -0.25) is 4.79 Å². The van der Waals surface area contributed by atoms with Gasteiger partial charge in [-0.15, -0.1) is 0 Å². The summed E-state index contributed by atoms with van der Waals surface area (Å²) in [6.45, 7) is 1.14. The second kappa shape index (κ2) is 7.34. The number of hydrogen-bond acceptors (Lipinski definition) is 8. The minimum atomic E-state index is -3.85. The molecule has 0 aliphatic rings. The van der Waals surface area contributed by atoms with Gasteiger partial charge in [0.15, 0.2) is 0 Å². The summed E-state index contributed by atoms with van der Waals surface area (Å²) in [4.78, 5) is 15.1. The van der Waals surface area contributed by atoms with Crippen LogP contribution in [0.4, 0.5) is 0 Å². The van der Waals surface area contributed by atoms with Crippen molar-refractivity contribution in [1.82, 2.24) is 4.98 Å². The zero-order chi connectivity index (χ0) is 16.0. The first-order valence-corrected chi connectivity index (χ1v) is 7.66. The lowest BCUT2D eigenvalue weighted by Crippen LogP contribution is -2.31. The second-order valence-electron chi connectivity index (χ2n) is 4.07. The van der Waals surface area contributed by atoms with Crippen LogP contribution in [0.15, 0.2) is 18.3 Å². The zero-order valence-electron chi connectivity index (χ0n) is 12.1. The predicted octanol–water partition coefficient (Wildman–Crippen LogP) is 0.643. The third-order valence-electron chi connectivity index (χ3n) is 2.35. The van der Waals surface area contributed by atoms with E-state index in [2.05, 4.69) is 4.98 Å². The standard InChI is InChI=1S/C12H17NO7S/c1-8(14)19-12(20-21(4,15)16)11(18-3)9-5-6-13-10(7-9)17-2/h5-7,11-12H,1-4H3. The van der Waals surface area contributed by atoms with E-state index in [4.69, 9.17) is 18.4 Å². The molecule has 0 N–H and O–H groups in total. The third kappa shape index (κ3) is 5.66. The molecule has 0 aromatic carbocycles. The van der Waals surface area contributed by atoms with Crippen LogP contribution in [0.1, 0.15) is 18.6 Å². The van der Waals surface area contributed by atoms with Crippen LogP contribution in [0, 0.1) is 0 Å². The number of hydrogen-bond donors (Lipinski definition) is 0. The van der Waals surface area contributed by atoms with Crippen LogP contribution in [-0.2, 0) is 28.6 Å². The van der Waals surface area contributed by atoms with E-state index in [9.17, 15) is 13.2 Å². The minimum Gasteiger partial charge on any atom is -0.481 e. The molecule has 1 aromatic rings. The van der Waals surface area contributed by atoms with Gasteiger partial charge in [0.25, 0.3) is 10.1 Å². The molecule has 1 heterocycles. The van der Waals surface area contributed by atoms with E-state index in [0.717, 1.165) is 13.2 Å². The molecule has 0 bridgehead atoms. The fourth-order valence-electron chi connectivity index (χ4n) is 1.59. The lowest BCUT2D eigenvalue weighted by molar-refractivity contribution is -0.180. The maximum Gasteiger partial charge on any atom is 0.305 e. The molecule has 21 heavy (non-hydrogen) atoms. The van der Waals surface area contributed by atoms with Gasteiger partial charge in [0.05, 0.1) is 13.4 Å². The van der Waals surface area contributed by atoms with Crippen LogP contribution in [0.25, 0.3) is 0 Å². The zero-order valence-corrected chi connectivity index (χ0v) is 12.9. The molecule has 0 saturated carbocycles. The quantitative estimate of drug-likeness (QED) is 0.410. The average molecular weight is 319 g/mol. The highest BCUT2D eigenvalue weighted by atomic mass is 32.2. The molecule has 0 saturated heterocycles. The molecule has 0 radical (unpaired) electrons. The largest absolute Gasteiger partial charge is 0.481 e. The van der Waals surface area contributed by atoms with E-state index in [0.29, 0.717) is 11.4 Å². The van der Waals surface area contributed by atoms with Crippen molar-refractivity contribution in [2.75, 3.05) is 20.5 Å². The van der Waals surface area contributed by atoms with Gasteiger partial charge in [-0.1, -0.05) is 0 Å². The Morgan fingerprint density at radius 2 is 2.00 bits per heavy atom. The summed E-state index contributed by atoms with van der Waals surface area (Å²) in [5.41, 5.74) is 0.485. The van der Waals surface area contributed by atoms with E-state index in [1.165, 1.54) is 26.5 Å². The maximum atomic E-state index is 11.3.